The molecule has 0 saturated carbocycles. The molecule has 0 atom stereocenters. The maximum atomic E-state index is 14.0. The van der Waals surface area contributed by atoms with Gasteiger partial charge in [-0.05, 0) is 48.7 Å². The lowest BCUT2D eigenvalue weighted by Gasteiger charge is -2.39. The van der Waals surface area contributed by atoms with E-state index in [0.29, 0.717) is 42.2 Å². The highest BCUT2D eigenvalue weighted by molar-refractivity contribution is 6.30. The maximum Gasteiger partial charge on any atom is 0.229 e. The highest BCUT2D eigenvalue weighted by Crippen LogP contribution is 2.38. The molecule has 1 fully saturated rings. The fourth-order valence-electron chi connectivity index (χ4n) is 3.61. The Labute approximate surface area is 188 Å². The number of hydrogen-bond acceptors (Lipinski definition) is 3. The fourth-order valence-corrected chi connectivity index (χ4v) is 3.73. The van der Waals surface area contributed by atoms with Gasteiger partial charge < -0.3 is 10.4 Å². The van der Waals surface area contributed by atoms with Gasteiger partial charge >= 0.3 is 0 Å². The van der Waals surface area contributed by atoms with Crippen LogP contribution in [0.5, 0.6) is 0 Å². The largest absolute Gasteiger partial charge is 0.385 e. The summed E-state index contributed by atoms with van der Waals surface area (Å²) in [6, 6.07) is 11.8. The van der Waals surface area contributed by atoms with Gasteiger partial charge in [0.1, 0.15) is 5.82 Å². The number of benzene rings is 2. The Morgan fingerprint density at radius 1 is 1.19 bits per heavy atom. The summed E-state index contributed by atoms with van der Waals surface area (Å²) in [5, 5.41) is 14.9. The molecule has 0 spiro atoms. The average molecular weight is 445 g/mol. The fraction of sp³-hybridized carbons (Fsp3) is 0.400. The second kappa shape index (κ2) is 9.51. The van der Waals surface area contributed by atoms with Gasteiger partial charge in [0, 0.05) is 41.3 Å². The third kappa shape index (κ3) is 6.16. The van der Waals surface area contributed by atoms with E-state index >= 15 is 0 Å². The molecule has 1 saturated heterocycles. The van der Waals surface area contributed by atoms with Crippen molar-refractivity contribution in [2.75, 3.05) is 25.0 Å². The van der Waals surface area contributed by atoms with Crippen molar-refractivity contribution in [1.29, 1.82) is 0 Å². The predicted octanol–water partition coefficient (Wildman–Crippen LogP) is 5.46. The zero-order valence-electron chi connectivity index (χ0n) is 18.3. The zero-order valence-corrected chi connectivity index (χ0v) is 19.0. The van der Waals surface area contributed by atoms with Gasteiger partial charge in [0.15, 0.2) is 0 Å². The van der Waals surface area contributed by atoms with Crippen LogP contribution in [0.25, 0.3) is 6.08 Å². The number of halogens is 2. The molecule has 0 radical (unpaired) electrons. The number of rotatable bonds is 5. The molecule has 2 N–H and O–H groups in total. The maximum absolute atomic E-state index is 14.0. The van der Waals surface area contributed by atoms with Gasteiger partial charge in [0.25, 0.3) is 0 Å². The summed E-state index contributed by atoms with van der Waals surface area (Å²) in [5.41, 5.74) is 0.228. The van der Waals surface area contributed by atoms with Crippen molar-refractivity contribution in [1.82, 2.24) is 4.90 Å². The molecule has 1 amide bonds. The third-order valence-electron chi connectivity index (χ3n) is 5.64. The van der Waals surface area contributed by atoms with Gasteiger partial charge in [0.2, 0.25) is 5.91 Å². The number of nitrogens with zero attached hydrogens (tertiary/aromatic N) is 1. The lowest BCUT2D eigenvalue weighted by Crippen LogP contribution is -2.43. The summed E-state index contributed by atoms with van der Waals surface area (Å²) >= 11 is 5.91. The second-order valence-electron chi connectivity index (χ2n) is 9.18. The SMILES string of the molecule is CC(C)(C)C(=O)Nc1ccc(F)cc1C1(O)CCN(CC=Cc2ccc(Cl)cc2)CC1. The molecular weight excluding hydrogens is 415 g/mol. The first-order valence-corrected chi connectivity index (χ1v) is 10.9. The van der Waals surface area contributed by atoms with Crippen LogP contribution in [0.4, 0.5) is 10.1 Å². The first kappa shape index (κ1) is 23.5. The summed E-state index contributed by atoms with van der Waals surface area (Å²) < 4.78 is 14.0. The van der Waals surface area contributed by atoms with Gasteiger partial charge in [-0.3, -0.25) is 9.69 Å². The monoisotopic (exact) mass is 444 g/mol. The first-order chi connectivity index (χ1) is 14.6. The Bertz CT molecular complexity index is 943. The van der Waals surface area contributed by atoms with Gasteiger partial charge in [-0.2, -0.15) is 0 Å². The summed E-state index contributed by atoms with van der Waals surface area (Å²) in [7, 11) is 0. The predicted molar refractivity (Wildman–Crippen MR) is 125 cm³/mol. The standard InChI is InChI=1S/C25H30ClFN2O2/c1-24(2,3)23(30)28-22-11-10-20(27)17-21(22)25(31)12-15-29(16-13-25)14-4-5-18-6-8-19(26)9-7-18/h4-11,17,31H,12-16H2,1-3H3,(H,28,30). The summed E-state index contributed by atoms with van der Waals surface area (Å²) in [5.74, 6) is -0.598. The molecule has 1 aliphatic rings. The molecule has 0 aromatic heterocycles. The number of likely N-dealkylation sites (tertiary alicyclic amines) is 1. The van der Waals surface area contributed by atoms with Crippen LogP contribution in [0.1, 0.15) is 44.7 Å². The van der Waals surface area contributed by atoms with Gasteiger partial charge in [0.05, 0.1) is 5.60 Å². The smallest absolute Gasteiger partial charge is 0.229 e. The summed E-state index contributed by atoms with van der Waals surface area (Å²) in [4.78, 5) is 14.7. The first-order valence-electron chi connectivity index (χ1n) is 10.6. The van der Waals surface area contributed by atoms with Crippen LogP contribution in [0, 0.1) is 11.2 Å². The van der Waals surface area contributed by atoms with Crippen molar-refractivity contribution in [3.05, 3.63) is 70.5 Å². The summed E-state index contributed by atoms with van der Waals surface area (Å²) in [6.45, 7) is 7.55. The van der Waals surface area contributed by atoms with Crippen LogP contribution < -0.4 is 5.32 Å². The van der Waals surface area contributed by atoms with E-state index in [2.05, 4.69) is 16.3 Å². The van der Waals surface area contributed by atoms with Crippen molar-refractivity contribution < 1.29 is 14.3 Å². The van der Waals surface area contributed by atoms with E-state index < -0.39 is 16.8 Å². The average Bonchev–Trinajstić information content (AvgIpc) is 2.71. The summed E-state index contributed by atoms with van der Waals surface area (Å²) in [6.07, 6.45) is 5.06. The minimum absolute atomic E-state index is 0.172. The normalized spacial score (nSPS) is 17.1. The molecule has 1 heterocycles. The van der Waals surface area contributed by atoms with Gasteiger partial charge in [-0.15, -0.1) is 0 Å². The van der Waals surface area contributed by atoms with Crippen LogP contribution in [0.3, 0.4) is 0 Å². The van der Waals surface area contributed by atoms with E-state index in [4.69, 9.17) is 11.6 Å². The number of piperidine rings is 1. The third-order valence-corrected chi connectivity index (χ3v) is 5.89. The van der Waals surface area contributed by atoms with E-state index in [-0.39, 0.29) is 5.91 Å². The highest BCUT2D eigenvalue weighted by Gasteiger charge is 2.36. The molecule has 0 unspecified atom stereocenters. The van der Waals surface area contributed by atoms with E-state index in [1.54, 1.807) is 0 Å². The number of nitrogens with one attached hydrogen (secondary N) is 1. The Hall–Kier alpha value is -2.21. The lowest BCUT2D eigenvalue weighted by atomic mass is 9.83. The number of carbonyl (C=O) groups is 1. The van der Waals surface area contributed by atoms with Crippen LogP contribution in [-0.4, -0.2) is 35.5 Å². The van der Waals surface area contributed by atoms with Gasteiger partial charge in [-0.1, -0.05) is 56.7 Å². The van der Waals surface area contributed by atoms with E-state index in [0.717, 1.165) is 12.1 Å². The van der Waals surface area contributed by atoms with Crippen molar-refractivity contribution in [3.63, 3.8) is 0 Å². The lowest BCUT2D eigenvalue weighted by molar-refractivity contribution is -0.123. The Morgan fingerprint density at radius 3 is 2.45 bits per heavy atom. The molecule has 3 rings (SSSR count). The zero-order chi connectivity index (χ0) is 22.6. The van der Waals surface area contributed by atoms with Crippen LogP contribution in [0.15, 0.2) is 48.5 Å². The molecule has 0 aliphatic carbocycles. The van der Waals surface area contributed by atoms with E-state index in [1.165, 1.54) is 18.2 Å². The second-order valence-corrected chi connectivity index (χ2v) is 9.62. The molecule has 4 nitrogen and oxygen atoms in total. The molecule has 0 bridgehead atoms. The Kier molecular flexibility index (Phi) is 7.20. The number of hydrogen-bond donors (Lipinski definition) is 2. The van der Waals surface area contributed by atoms with E-state index in [1.807, 2.05) is 51.1 Å². The minimum Gasteiger partial charge on any atom is -0.385 e. The van der Waals surface area contributed by atoms with Crippen molar-refractivity contribution in [2.24, 2.45) is 5.41 Å². The number of anilines is 1. The van der Waals surface area contributed by atoms with Gasteiger partial charge in [-0.25, -0.2) is 4.39 Å². The number of amides is 1. The van der Waals surface area contributed by atoms with E-state index in [9.17, 15) is 14.3 Å². The van der Waals surface area contributed by atoms with Crippen molar-refractivity contribution in [3.8, 4) is 0 Å². The molecule has 2 aromatic rings. The molecular formula is C25H30ClFN2O2. The van der Waals surface area contributed by atoms with Crippen LogP contribution >= 0.6 is 11.6 Å². The quantitative estimate of drug-likeness (QED) is 0.643. The van der Waals surface area contributed by atoms with Crippen molar-refractivity contribution >= 4 is 29.3 Å². The molecule has 31 heavy (non-hydrogen) atoms. The molecule has 166 valence electrons. The van der Waals surface area contributed by atoms with Crippen LogP contribution in [0.2, 0.25) is 5.02 Å². The van der Waals surface area contributed by atoms with Crippen LogP contribution in [-0.2, 0) is 10.4 Å². The topological polar surface area (TPSA) is 52.6 Å². The minimum atomic E-state index is -1.18. The molecule has 1 aliphatic heterocycles. The number of carbonyl (C=O) groups excluding carboxylic acids is 1. The van der Waals surface area contributed by atoms with Crippen molar-refractivity contribution in [2.45, 2.75) is 39.2 Å². The number of aliphatic hydroxyl groups is 1. The molecule has 2 aromatic carbocycles. The Balaban J connectivity index is 1.66. The molecule has 6 heteroatoms. The highest BCUT2D eigenvalue weighted by atomic mass is 35.5. The Morgan fingerprint density at radius 2 is 1.84 bits per heavy atom.